The average molecular weight is 152 g/mol. The third-order valence-corrected chi connectivity index (χ3v) is 1.60. The van der Waals surface area contributed by atoms with E-state index < -0.39 is 0 Å². The molecule has 62 valence electrons. The summed E-state index contributed by atoms with van der Waals surface area (Å²) in [6.07, 6.45) is 2.12. The Morgan fingerprint density at radius 2 is 1.82 bits per heavy atom. The summed E-state index contributed by atoms with van der Waals surface area (Å²) >= 11 is 0. The molecule has 0 aromatic carbocycles. The Hall–Kier alpha value is -0.850. The topological polar surface area (TPSA) is 17.1 Å². The van der Waals surface area contributed by atoms with Gasteiger partial charge in [-0.25, -0.2) is 0 Å². The van der Waals surface area contributed by atoms with Crippen LogP contribution in [0.5, 0.6) is 0 Å². The summed E-state index contributed by atoms with van der Waals surface area (Å²) in [5.41, 5.74) is 1.79. The van der Waals surface area contributed by atoms with Gasteiger partial charge in [0.05, 0.1) is 0 Å². The molecule has 0 saturated heterocycles. The van der Waals surface area contributed by atoms with E-state index in [2.05, 4.69) is 13.2 Å². The van der Waals surface area contributed by atoms with Gasteiger partial charge >= 0.3 is 0 Å². The molecule has 0 aromatic rings. The first-order valence-electron chi connectivity index (χ1n) is 3.93. The maximum Gasteiger partial charge on any atom is 0.158 e. The van der Waals surface area contributed by atoms with Crippen LogP contribution in [0.15, 0.2) is 24.3 Å². The van der Waals surface area contributed by atoms with Crippen molar-refractivity contribution in [3.05, 3.63) is 24.3 Å². The second-order valence-corrected chi connectivity index (χ2v) is 2.84. The van der Waals surface area contributed by atoms with Crippen LogP contribution in [0.2, 0.25) is 0 Å². The van der Waals surface area contributed by atoms with E-state index in [0.717, 1.165) is 24.0 Å². The van der Waals surface area contributed by atoms with Gasteiger partial charge in [0, 0.05) is 6.42 Å². The van der Waals surface area contributed by atoms with E-state index in [1.54, 1.807) is 0 Å². The summed E-state index contributed by atoms with van der Waals surface area (Å²) in [5.74, 6) is 0.176. The summed E-state index contributed by atoms with van der Waals surface area (Å²) in [5, 5.41) is 0. The van der Waals surface area contributed by atoms with Crippen molar-refractivity contribution in [3.63, 3.8) is 0 Å². The fraction of sp³-hybridized carbons (Fsp3) is 0.500. The minimum atomic E-state index is 0.176. The Morgan fingerprint density at radius 3 is 2.18 bits per heavy atom. The molecule has 0 aromatic heterocycles. The molecule has 0 aliphatic carbocycles. The number of allylic oxidation sites excluding steroid dienone is 2. The molecule has 1 heteroatoms. The Kier molecular flexibility index (Phi) is 4.51. The van der Waals surface area contributed by atoms with Crippen molar-refractivity contribution in [2.75, 3.05) is 0 Å². The highest BCUT2D eigenvalue weighted by Gasteiger charge is 2.03. The first kappa shape index (κ1) is 10.2. The molecule has 0 heterocycles. The maximum absolute atomic E-state index is 11.1. The van der Waals surface area contributed by atoms with Gasteiger partial charge in [-0.3, -0.25) is 4.79 Å². The molecular formula is C10H16O. The predicted molar refractivity (Wildman–Crippen MR) is 48.5 cm³/mol. The maximum atomic E-state index is 11.1. The number of ketones is 1. The molecule has 0 unspecified atom stereocenters. The van der Waals surface area contributed by atoms with E-state index in [1.807, 2.05) is 13.8 Å². The lowest BCUT2D eigenvalue weighted by molar-refractivity contribution is -0.115. The summed E-state index contributed by atoms with van der Waals surface area (Å²) < 4.78 is 0. The highest BCUT2D eigenvalue weighted by Crippen LogP contribution is 2.07. The van der Waals surface area contributed by atoms with Crippen molar-refractivity contribution in [2.24, 2.45) is 0 Å². The summed E-state index contributed by atoms with van der Waals surface area (Å²) in [6, 6.07) is 0. The molecule has 0 amide bonds. The van der Waals surface area contributed by atoms with Gasteiger partial charge in [-0.15, -0.1) is 6.58 Å². The lowest BCUT2D eigenvalue weighted by Crippen LogP contribution is -1.99. The standard InChI is InChI=1S/C10H16O/c1-5-9(4)10(11)7-6-8(2)3/h2,4-7H2,1,3H3. The van der Waals surface area contributed by atoms with Crippen LogP contribution in [0.25, 0.3) is 0 Å². The van der Waals surface area contributed by atoms with E-state index in [4.69, 9.17) is 0 Å². The first-order valence-corrected chi connectivity index (χ1v) is 3.93. The zero-order chi connectivity index (χ0) is 8.85. The zero-order valence-electron chi connectivity index (χ0n) is 7.44. The van der Waals surface area contributed by atoms with Crippen molar-refractivity contribution >= 4 is 5.78 Å². The smallest absolute Gasteiger partial charge is 0.158 e. The summed E-state index contributed by atoms with van der Waals surface area (Å²) in [4.78, 5) is 11.1. The SMILES string of the molecule is C=C(C)CCC(=O)C(=C)CC. The lowest BCUT2D eigenvalue weighted by atomic mass is 10.0. The quantitative estimate of drug-likeness (QED) is 0.437. The van der Waals surface area contributed by atoms with Crippen molar-refractivity contribution in [3.8, 4) is 0 Å². The first-order chi connectivity index (χ1) is 5.07. The van der Waals surface area contributed by atoms with Gasteiger partial charge in [-0.1, -0.05) is 19.1 Å². The van der Waals surface area contributed by atoms with E-state index in [9.17, 15) is 4.79 Å². The lowest BCUT2D eigenvalue weighted by Gasteiger charge is -2.00. The molecule has 0 spiro atoms. The predicted octanol–water partition coefficient (Wildman–Crippen LogP) is 2.88. The molecule has 0 atom stereocenters. The molecule has 1 nitrogen and oxygen atoms in total. The van der Waals surface area contributed by atoms with Crippen LogP contribution in [-0.4, -0.2) is 5.78 Å². The molecule has 0 fully saturated rings. The van der Waals surface area contributed by atoms with Gasteiger partial charge in [-0.05, 0) is 25.3 Å². The van der Waals surface area contributed by atoms with Crippen LogP contribution < -0.4 is 0 Å². The number of hydrogen-bond acceptors (Lipinski definition) is 1. The van der Waals surface area contributed by atoms with Crippen LogP contribution in [0, 0.1) is 0 Å². The van der Waals surface area contributed by atoms with Crippen LogP contribution in [0.1, 0.15) is 33.1 Å². The molecule has 11 heavy (non-hydrogen) atoms. The van der Waals surface area contributed by atoms with Crippen LogP contribution in [-0.2, 0) is 4.79 Å². The Bertz CT molecular complexity index is 177. The van der Waals surface area contributed by atoms with Gasteiger partial charge in [0.2, 0.25) is 0 Å². The van der Waals surface area contributed by atoms with Crippen molar-refractivity contribution in [1.29, 1.82) is 0 Å². The molecule has 0 aliphatic heterocycles. The third-order valence-electron chi connectivity index (χ3n) is 1.60. The van der Waals surface area contributed by atoms with E-state index >= 15 is 0 Å². The minimum absolute atomic E-state index is 0.176. The molecule has 0 rings (SSSR count). The van der Waals surface area contributed by atoms with Crippen molar-refractivity contribution < 1.29 is 4.79 Å². The average Bonchev–Trinajstić information content (AvgIpc) is 1.98. The number of Topliss-reactive ketones (excluding diaryl/α,β-unsaturated/α-hetero) is 1. The van der Waals surface area contributed by atoms with E-state index in [0.29, 0.717) is 6.42 Å². The summed E-state index contributed by atoms with van der Waals surface area (Å²) in [7, 11) is 0. The van der Waals surface area contributed by atoms with Crippen molar-refractivity contribution in [1.82, 2.24) is 0 Å². The molecule has 0 bridgehead atoms. The normalized spacial score (nSPS) is 9.27. The van der Waals surface area contributed by atoms with Crippen LogP contribution >= 0.6 is 0 Å². The second kappa shape index (κ2) is 4.89. The Morgan fingerprint density at radius 1 is 1.27 bits per heavy atom. The molecule has 0 radical (unpaired) electrons. The number of carbonyl (C=O) groups excluding carboxylic acids is 1. The number of carbonyl (C=O) groups is 1. The highest BCUT2D eigenvalue weighted by molar-refractivity contribution is 5.94. The van der Waals surface area contributed by atoms with Gasteiger partial charge < -0.3 is 0 Å². The van der Waals surface area contributed by atoms with E-state index in [-0.39, 0.29) is 5.78 Å². The fourth-order valence-corrected chi connectivity index (χ4v) is 0.701. The van der Waals surface area contributed by atoms with Gasteiger partial charge in [-0.2, -0.15) is 0 Å². The van der Waals surface area contributed by atoms with Crippen LogP contribution in [0.3, 0.4) is 0 Å². The largest absolute Gasteiger partial charge is 0.295 e. The molecule has 0 saturated carbocycles. The highest BCUT2D eigenvalue weighted by atomic mass is 16.1. The Labute approximate surface area is 68.8 Å². The second-order valence-electron chi connectivity index (χ2n) is 2.84. The fourth-order valence-electron chi connectivity index (χ4n) is 0.701. The molecular weight excluding hydrogens is 136 g/mol. The van der Waals surface area contributed by atoms with Gasteiger partial charge in [0.1, 0.15) is 0 Å². The minimum Gasteiger partial charge on any atom is -0.295 e. The zero-order valence-corrected chi connectivity index (χ0v) is 7.44. The third kappa shape index (κ3) is 4.54. The monoisotopic (exact) mass is 152 g/mol. The molecule has 0 aliphatic rings. The van der Waals surface area contributed by atoms with E-state index in [1.165, 1.54) is 0 Å². The number of hydrogen-bond donors (Lipinski definition) is 0. The van der Waals surface area contributed by atoms with Gasteiger partial charge in [0.25, 0.3) is 0 Å². The van der Waals surface area contributed by atoms with Crippen LogP contribution in [0.4, 0.5) is 0 Å². The number of rotatable bonds is 5. The Balaban J connectivity index is 3.70. The van der Waals surface area contributed by atoms with Gasteiger partial charge in [0.15, 0.2) is 5.78 Å². The summed E-state index contributed by atoms with van der Waals surface area (Å²) in [6.45, 7) is 11.3. The van der Waals surface area contributed by atoms with Crippen molar-refractivity contribution in [2.45, 2.75) is 33.1 Å². The molecule has 0 N–H and O–H groups in total.